The highest BCUT2D eigenvalue weighted by Crippen LogP contribution is 2.28. The van der Waals surface area contributed by atoms with Gasteiger partial charge in [0.05, 0.1) is 0 Å². The van der Waals surface area contributed by atoms with Crippen LogP contribution in [0.15, 0.2) is 36.5 Å². The van der Waals surface area contributed by atoms with Gasteiger partial charge in [0.25, 0.3) is 0 Å². The van der Waals surface area contributed by atoms with Crippen molar-refractivity contribution in [1.82, 2.24) is 0 Å². The van der Waals surface area contributed by atoms with Crippen molar-refractivity contribution in [1.29, 1.82) is 0 Å². The van der Waals surface area contributed by atoms with E-state index in [4.69, 9.17) is 14.2 Å². The molecule has 0 aromatic carbocycles. The van der Waals surface area contributed by atoms with Gasteiger partial charge in [-0.05, 0) is 33.6 Å². The van der Waals surface area contributed by atoms with E-state index in [1.807, 2.05) is 0 Å². The van der Waals surface area contributed by atoms with Crippen LogP contribution < -0.4 is 0 Å². The molecule has 0 amide bonds. The second kappa shape index (κ2) is 8.47. The molecule has 0 aromatic heterocycles. The Labute approximate surface area is 142 Å². The summed E-state index contributed by atoms with van der Waals surface area (Å²) in [5.74, 6) is -1.63. The zero-order valence-corrected chi connectivity index (χ0v) is 14.4. The molecular formula is C18H24O6. The summed E-state index contributed by atoms with van der Waals surface area (Å²) in [6, 6.07) is 0. The van der Waals surface area contributed by atoms with Gasteiger partial charge in [0, 0.05) is 23.1 Å². The first-order valence-corrected chi connectivity index (χ1v) is 7.71. The van der Waals surface area contributed by atoms with E-state index in [0.29, 0.717) is 18.4 Å². The summed E-state index contributed by atoms with van der Waals surface area (Å²) in [7, 11) is 0. The number of rotatable bonds is 6. The molecule has 3 atom stereocenters. The molecule has 3 unspecified atom stereocenters. The molecule has 1 aliphatic rings. The molecule has 132 valence electrons. The SMILES string of the molecule is C=C(C)C(=O)OC1CCC(OC(=O)C(=C)C)C(OC(=O)C(=C)C)C1. The number of hydrogen-bond donors (Lipinski definition) is 0. The second-order valence-corrected chi connectivity index (χ2v) is 6.07. The Morgan fingerprint density at radius 3 is 1.58 bits per heavy atom. The minimum atomic E-state index is -0.714. The summed E-state index contributed by atoms with van der Waals surface area (Å²) >= 11 is 0. The Kier molecular flexibility index (Phi) is 6.95. The molecule has 0 N–H and O–H groups in total. The van der Waals surface area contributed by atoms with Crippen LogP contribution in [0.3, 0.4) is 0 Å². The van der Waals surface area contributed by atoms with Crippen molar-refractivity contribution in [3.63, 3.8) is 0 Å². The Balaban J connectivity index is 2.81. The van der Waals surface area contributed by atoms with E-state index in [9.17, 15) is 14.4 Å². The standard InChI is InChI=1S/C18H24O6/c1-10(2)16(19)22-13-7-8-14(23-17(20)11(3)4)15(9-13)24-18(21)12(5)6/h13-15H,1,3,5,7-9H2,2,4,6H3. The van der Waals surface area contributed by atoms with Crippen LogP contribution in [0.1, 0.15) is 40.0 Å². The number of carbonyl (C=O) groups is 3. The molecule has 24 heavy (non-hydrogen) atoms. The topological polar surface area (TPSA) is 78.9 Å². The van der Waals surface area contributed by atoms with E-state index >= 15 is 0 Å². The summed E-state index contributed by atoms with van der Waals surface area (Å²) in [5, 5.41) is 0. The van der Waals surface area contributed by atoms with Gasteiger partial charge in [0.1, 0.15) is 18.3 Å². The molecule has 0 radical (unpaired) electrons. The third-order valence-corrected chi connectivity index (χ3v) is 3.52. The lowest BCUT2D eigenvalue weighted by atomic mass is 9.91. The second-order valence-electron chi connectivity index (χ2n) is 6.07. The quantitative estimate of drug-likeness (QED) is 0.421. The maximum atomic E-state index is 11.8. The van der Waals surface area contributed by atoms with Gasteiger partial charge in [-0.3, -0.25) is 0 Å². The van der Waals surface area contributed by atoms with Gasteiger partial charge in [0.2, 0.25) is 0 Å². The summed E-state index contributed by atoms with van der Waals surface area (Å²) in [6.45, 7) is 15.2. The fourth-order valence-electron chi connectivity index (χ4n) is 2.16. The first-order chi connectivity index (χ1) is 11.1. The summed E-state index contributed by atoms with van der Waals surface area (Å²) in [6.07, 6.45) is -0.620. The van der Waals surface area contributed by atoms with Crippen LogP contribution in [0.25, 0.3) is 0 Å². The molecule has 1 saturated carbocycles. The smallest absolute Gasteiger partial charge is 0.333 e. The maximum absolute atomic E-state index is 11.8. The molecule has 1 aliphatic carbocycles. The highest BCUT2D eigenvalue weighted by Gasteiger charge is 2.37. The molecule has 0 spiro atoms. The van der Waals surface area contributed by atoms with Crippen LogP contribution in [0, 0.1) is 0 Å². The number of esters is 3. The summed E-state index contributed by atoms with van der Waals surface area (Å²) < 4.78 is 16.0. The van der Waals surface area contributed by atoms with Crippen molar-refractivity contribution in [2.45, 2.75) is 58.3 Å². The lowest BCUT2D eigenvalue weighted by Crippen LogP contribution is -2.43. The van der Waals surface area contributed by atoms with Gasteiger partial charge >= 0.3 is 17.9 Å². The van der Waals surface area contributed by atoms with Gasteiger partial charge in [-0.2, -0.15) is 0 Å². The predicted molar refractivity (Wildman–Crippen MR) is 87.9 cm³/mol. The van der Waals surface area contributed by atoms with Crippen LogP contribution in [-0.4, -0.2) is 36.2 Å². The van der Waals surface area contributed by atoms with Gasteiger partial charge in [0.15, 0.2) is 0 Å². The predicted octanol–water partition coefficient (Wildman–Crippen LogP) is 2.63. The van der Waals surface area contributed by atoms with Crippen molar-refractivity contribution >= 4 is 17.9 Å². The minimum Gasteiger partial charge on any atom is -0.459 e. The van der Waals surface area contributed by atoms with Crippen molar-refractivity contribution in [2.24, 2.45) is 0 Å². The third kappa shape index (κ3) is 5.68. The molecule has 6 heteroatoms. The van der Waals surface area contributed by atoms with Gasteiger partial charge in [-0.1, -0.05) is 19.7 Å². The number of carbonyl (C=O) groups excluding carboxylic acids is 3. The summed E-state index contributed by atoms with van der Waals surface area (Å²) in [5.41, 5.74) is 0.790. The lowest BCUT2D eigenvalue weighted by Gasteiger charge is -2.34. The van der Waals surface area contributed by atoms with Gasteiger partial charge in [-0.25, -0.2) is 14.4 Å². The average Bonchev–Trinajstić information content (AvgIpc) is 2.49. The number of ether oxygens (including phenoxy) is 3. The van der Waals surface area contributed by atoms with Crippen molar-refractivity contribution in [3.8, 4) is 0 Å². The fourth-order valence-corrected chi connectivity index (χ4v) is 2.16. The zero-order valence-electron chi connectivity index (χ0n) is 14.4. The van der Waals surface area contributed by atoms with E-state index in [1.165, 1.54) is 13.8 Å². The Hall–Kier alpha value is -2.37. The fraction of sp³-hybridized carbons (Fsp3) is 0.500. The molecular weight excluding hydrogens is 312 g/mol. The van der Waals surface area contributed by atoms with E-state index in [0.717, 1.165) is 0 Å². The minimum absolute atomic E-state index is 0.237. The lowest BCUT2D eigenvalue weighted by molar-refractivity contribution is -0.174. The Bertz CT molecular complexity index is 574. The molecule has 1 rings (SSSR count). The van der Waals surface area contributed by atoms with Crippen molar-refractivity contribution in [2.75, 3.05) is 0 Å². The average molecular weight is 336 g/mol. The van der Waals surface area contributed by atoms with Gasteiger partial charge < -0.3 is 14.2 Å². The van der Waals surface area contributed by atoms with Gasteiger partial charge in [-0.15, -0.1) is 0 Å². The monoisotopic (exact) mass is 336 g/mol. The maximum Gasteiger partial charge on any atom is 0.333 e. The Morgan fingerprint density at radius 1 is 0.708 bits per heavy atom. The normalized spacial score (nSPS) is 22.9. The van der Waals surface area contributed by atoms with E-state index < -0.39 is 36.2 Å². The molecule has 0 bridgehead atoms. The molecule has 0 saturated heterocycles. The highest BCUT2D eigenvalue weighted by atomic mass is 16.6. The van der Waals surface area contributed by atoms with Crippen LogP contribution in [-0.2, 0) is 28.6 Å². The van der Waals surface area contributed by atoms with Crippen LogP contribution in [0.5, 0.6) is 0 Å². The largest absolute Gasteiger partial charge is 0.459 e. The number of hydrogen-bond acceptors (Lipinski definition) is 6. The first kappa shape index (κ1) is 19.7. The van der Waals surface area contributed by atoms with Crippen LogP contribution in [0.4, 0.5) is 0 Å². The summed E-state index contributed by atoms with van der Waals surface area (Å²) in [4.78, 5) is 35.2. The molecule has 0 heterocycles. The molecule has 0 aliphatic heterocycles. The van der Waals surface area contributed by atoms with Crippen LogP contribution >= 0.6 is 0 Å². The van der Waals surface area contributed by atoms with E-state index in [-0.39, 0.29) is 17.6 Å². The molecule has 0 aromatic rings. The molecule has 6 nitrogen and oxygen atoms in total. The Morgan fingerprint density at radius 2 is 1.12 bits per heavy atom. The zero-order chi connectivity index (χ0) is 18.4. The first-order valence-electron chi connectivity index (χ1n) is 7.71. The van der Waals surface area contributed by atoms with Crippen molar-refractivity contribution < 1.29 is 28.6 Å². The molecule has 1 fully saturated rings. The third-order valence-electron chi connectivity index (χ3n) is 3.52. The van der Waals surface area contributed by atoms with Crippen molar-refractivity contribution in [3.05, 3.63) is 36.5 Å². The van der Waals surface area contributed by atoms with Crippen LogP contribution in [0.2, 0.25) is 0 Å². The van der Waals surface area contributed by atoms with E-state index in [2.05, 4.69) is 19.7 Å². The highest BCUT2D eigenvalue weighted by molar-refractivity contribution is 5.88. The van der Waals surface area contributed by atoms with E-state index in [1.54, 1.807) is 6.92 Å².